The second-order valence-electron chi connectivity index (χ2n) is 4.72. The molecule has 1 unspecified atom stereocenters. The van der Waals surface area contributed by atoms with Gasteiger partial charge in [0.25, 0.3) is 0 Å². The predicted octanol–water partition coefficient (Wildman–Crippen LogP) is 2.80. The first-order valence-corrected chi connectivity index (χ1v) is 7.44. The van der Waals surface area contributed by atoms with Gasteiger partial charge < -0.3 is 10.1 Å². The Kier molecular flexibility index (Phi) is 5.92. The van der Waals surface area contributed by atoms with Crippen LogP contribution >= 0.6 is 23.2 Å². The van der Waals surface area contributed by atoms with E-state index in [0.29, 0.717) is 16.6 Å². The van der Waals surface area contributed by atoms with E-state index in [-0.39, 0.29) is 6.10 Å². The molecule has 0 amide bonds. The molecular formula is C14H20Cl2N2O. The Morgan fingerprint density at radius 1 is 1.37 bits per heavy atom. The summed E-state index contributed by atoms with van der Waals surface area (Å²) in [6, 6.07) is 5.58. The number of halogens is 2. The summed E-state index contributed by atoms with van der Waals surface area (Å²) in [4.78, 5) is 2.40. The van der Waals surface area contributed by atoms with Crippen LogP contribution in [-0.2, 0) is 11.3 Å². The first-order valence-electron chi connectivity index (χ1n) is 6.68. The van der Waals surface area contributed by atoms with E-state index >= 15 is 0 Å². The molecule has 0 saturated carbocycles. The maximum absolute atomic E-state index is 6.13. The Balaban J connectivity index is 1.80. The molecule has 106 valence electrons. The molecule has 2 rings (SSSR count). The molecule has 1 N–H and O–H groups in total. The topological polar surface area (TPSA) is 24.5 Å². The van der Waals surface area contributed by atoms with Gasteiger partial charge in [-0.1, -0.05) is 36.2 Å². The van der Waals surface area contributed by atoms with Crippen LogP contribution in [0.25, 0.3) is 0 Å². The van der Waals surface area contributed by atoms with E-state index in [0.717, 1.165) is 38.3 Å². The molecule has 0 radical (unpaired) electrons. The van der Waals surface area contributed by atoms with Gasteiger partial charge >= 0.3 is 0 Å². The molecule has 1 heterocycles. The molecule has 1 aliphatic heterocycles. The Bertz CT molecular complexity index is 394. The van der Waals surface area contributed by atoms with Crippen molar-refractivity contribution >= 4 is 23.2 Å². The van der Waals surface area contributed by atoms with Crippen molar-refractivity contribution in [2.75, 3.05) is 32.8 Å². The van der Waals surface area contributed by atoms with E-state index in [9.17, 15) is 0 Å². The van der Waals surface area contributed by atoms with Crippen molar-refractivity contribution in [3.63, 3.8) is 0 Å². The van der Waals surface area contributed by atoms with Gasteiger partial charge in [0.15, 0.2) is 0 Å². The lowest BCUT2D eigenvalue weighted by molar-refractivity contribution is -0.0253. The predicted molar refractivity (Wildman–Crippen MR) is 80.0 cm³/mol. The van der Waals surface area contributed by atoms with Crippen LogP contribution in [0.4, 0.5) is 0 Å². The molecule has 1 atom stereocenters. The third-order valence-corrected chi connectivity index (χ3v) is 4.11. The van der Waals surface area contributed by atoms with E-state index in [4.69, 9.17) is 27.9 Å². The summed E-state index contributed by atoms with van der Waals surface area (Å²) in [5.41, 5.74) is 0.953. The zero-order valence-electron chi connectivity index (χ0n) is 11.2. The summed E-state index contributed by atoms with van der Waals surface area (Å²) in [6.45, 7) is 7.58. The van der Waals surface area contributed by atoms with Gasteiger partial charge in [0.2, 0.25) is 0 Å². The van der Waals surface area contributed by atoms with Gasteiger partial charge in [0.1, 0.15) is 0 Å². The minimum Gasteiger partial charge on any atom is -0.374 e. The van der Waals surface area contributed by atoms with Gasteiger partial charge in [-0.25, -0.2) is 0 Å². The molecule has 0 aliphatic carbocycles. The van der Waals surface area contributed by atoms with Gasteiger partial charge in [-0.3, -0.25) is 4.90 Å². The normalized spacial score (nSPS) is 20.7. The number of hydrogen-bond acceptors (Lipinski definition) is 3. The first-order chi connectivity index (χ1) is 9.20. The number of morpholine rings is 1. The highest BCUT2D eigenvalue weighted by molar-refractivity contribution is 6.35. The molecule has 1 saturated heterocycles. The van der Waals surface area contributed by atoms with Crippen molar-refractivity contribution in [2.45, 2.75) is 19.6 Å². The van der Waals surface area contributed by atoms with Gasteiger partial charge in [-0.15, -0.1) is 0 Å². The van der Waals surface area contributed by atoms with Crippen LogP contribution in [0.3, 0.4) is 0 Å². The van der Waals surface area contributed by atoms with Gasteiger partial charge in [0.05, 0.1) is 12.7 Å². The molecule has 1 aliphatic rings. The van der Waals surface area contributed by atoms with Crippen molar-refractivity contribution in [3.05, 3.63) is 33.8 Å². The summed E-state index contributed by atoms with van der Waals surface area (Å²) in [7, 11) is 0. The van der Waals surface area contributed by atoms with E-state index in [1.165, 1.54) is 0 Å². The van der Waals surface area contributed by atoms with Crippen molar-refractivity contribution < 1.29 is 4.74 Å². The molecule has 3 nitrogen and oxygen atoms in total. The largest absolute Gasteiger partial charge is 0.374 e. The molecule has 1 fully saturated rings. The highest BCUT2D eigenvalue weighted by Crippen LogP contribution is 2.23. The minimum atomic E-state index is 0.245. The van der Waals surface area contributed by atoms with E-state index in [1.54, 1.807) is 0 Å². The van der Waals surface area contributed by atoms with Crippen LogP contribution in [0.5, 0.6) is 0 Å². The second-order valence-corrected chi connectivity index (χ2v) is 5.53. The van der Waals surface area contributed by atoms with Crippen LogP contribution in [-0.4, -0.2) is 43.8 Å². The maximum Gasteiger partial charge on any atom is 0.0826 e. The highest BCUT2D eigenvalue weighted by atomic mass is 35.5. The molecular weight excluding hydrogens is 283 g/mol. The SMILES string of the molecule is CCN1CCOC(CNCc2c(Cl)cccc2Cl)C1. The standard InChI is InChI=1S/C14H20Cl2N2O/c1-2-18-6-7-19-11(10-18)8-17-9-12-13(15)4-3-5-14(12)16/h3-5,11,17H,2,6-10H2,1H3. The zero-order valence-corrected chi connectivity index (χ0v) is 12.7. The summed E-state index contributed by atoms with van der Waals surface area (Å²) in [5, 5.41) is 4.79. The number of likely N-dealkylation sites (N-methyl/N-ethyl adjacent to an activating group) is 1. The average molecular weight is 303 g/mol. The van der Waals surface area contributed by atoms with Crippen LogP contribution < -0.4 is 5.32 Å². The Hall–Kier alpha value is -0.320. The lowest BCUT2D eigenvalue weighted by Gasteiger charge is -2.32. The summed E-state index contributed by atoms with van der Waals surface area (Å²) >= 11 is 12.3. The van der Waals surface area contributed by atoms with Crippen molar-refractivity contribution in [1.29, 1.82) is 0 Å². The molecule has 1 aromatic rings. The van der Waals surface area contributed by atoms with Gasteiger partial charge in [0, 0.05) is 41.8 Å². The van der Waals surface area contributed by atoms with E-state index < -0.39 is 0 Å². The molecule has 5 heteroatoms. The fourth-order valence-corrected chi connectivity index (χ4v) is 2.78. The van der Waals surface area contributed by atoms with Crippen LogP contribution in [0, 0.1) is 0 Å². The summed E-state index contributed by atoms with van der Waals surface area (Å²) in [5.74, 6) is 0. The zero-order chi connectivity index (χ0) is 13.7. The van der Waals surface area contributed by atoms with Gasteiger partial charge in [-0.05, 0) is 18.7 Å². The monoisotopic (exact) mass is 302 g/mol. The molecule has 0 spiro atoms. The number of nitrogens with zero attached hydrogens (tertiary/aromatic N) is 1. The fraction of sp³-hybridized carbons (Fsp3) is 0.571. The number of rotatable bonds is 5. The van der Waals surface area contributed by atoms with E-state index in [2.05, 4.69) is 17.1 Å². The van der Waals surface area contributed by atoms with Crippen LogP contribution in [0.15, 0.2) is 18.2 Å². The Morgan fingerprint density at radius 2 is 2.11 bits per heavy atom. The third-order valence-electron chi connectivity index (χ3n) is 3.41. The Labute approximate surface area is 124 Å². The first kappa shape index (κ1) is 15.1. The summed E-state index contributed by atoms with van der Waals surface area (Å²) in [6.07, 6.45) is 0.245. The number of nitrogens with one attached hydrogen (secondary N) is 1. The molecule has 0 bridgehead atoms. The fourth-order valence-electron chi connectivity index (χ4n) is 2.25. The smallest absolute Gasteiger partial charge is 0.0826 e. The lowest BCUT2D eigenvalue weighted by Crippen LogP contribution is -2.46. The molecule has 19 heavy (non-hydrogen) atoms. The van der Waals surface area contributed by atoms with Gasteiger partial charge in [-0.2, -0.15) is 0 Å². The van der Waals surface area contributed by atoms with E-state index in [1.807, 2.05) is 18.2 Å². The van der Waals surface area contributed by atoms with Crippen LogP contribution in [0.1, 0.15) is 12.5 Å². The van der Waals surface area contributed by atoms with Crippen LogP contribution in [0.2, 0.25) is 10.0 Å². The highest BCUT2D eigenvalue weighted by Gasteiger charge is 2.18. The second kappa shape index (κ2) is 7.46. The third kappa shape index (κ3) is 4.33. The van der Waals surface area contributed by atoms with Crippen molar-refractivity contribution in [2.24, 2.45) is 0 Å². The Morgan fingerprint density at radius 3 is 2.79 bits per heavy atom. The van der Waals surface area contributed by atoms with Crippen molar-refractivity contribution in [3.8, 4) is 0 Å². The summed E-state index contributed by atoms with van der Waals surface area (Å²) < 4.78 is 5.74. The van der Waals surface area contributed by atoms with Crippen molar-refractivity contribution in [1.82, 2.24) is 10.2 Å². The number of ether oxygens (including phenoxy) is 1. The minimum absolute atomic E-state index is 0.245. The number of hydrogen-bond donors (Lipinski definition) is 1. The maximum atomic E-state index is 6.13. The molecule has 0 aromatic heterocycles. The quantitative estimate of drug-likeness (QED) is 0.905. The molecule has 1 aromatic carbocycles. The average Bonchev–Trinajstić information content (AvgIpc) is 2.42. The number of benzene rings is 1. The lowest BCUT2D eigenvalue weighted by atomic mass is 10.2.